The lowest BCUT2D eigenvalue weighted by atomic mass is 9.94. The van der Waals surface area contributed by atoms with Crippen LogP contribution in [0.1, 0.15) is 52.4 Å². The molecule has 0 amide bonds. The fourth-order valence-corrected chi connectivity index (χ4v) is 2.60. The normalized spacial score (nSPS) is 17.8. The highest BCUT2D eigenvalue weighted by Crippen LogP contribution is 2.21. The van der Waals surface area contributed by atoms with Gasteiger partial charge >= 0.3 is 0 Å². The molecule has 0 bridgehead atoms. The average Bonchev–Trinajstić information content (AvgIpc) is 2.38. The van der Waals surface area contributed by atoms with Crippen LogP contribution in [0.15, 0.2) is 0 Å². The quantitative estimate of drug-likeness (QED) is 0.642. The maximum atomic E-state index is 5.51. The van der Waals surface area contributed by atoms with Crippen LogP contribution in [-0.4, -0.2) is 50.3 Å². The summed E-state index contributed by atoms with van der Waals surface area (Å²) in [6.45, 7) is 8.41. The van der Waals surface area contributed by atoms with Crippen LogP contribution in [0.4, 0.5) is 0 Å². The summed E-state index contributed by atoms with van der Waals surface area (Å²) in [5.74, 6) is 0. The topological polar surface area (TPSA) is 24.5 Å². The zero-order valence-corrected chi connectivity index (χ0v) is 12.6. The van der Waals surface area contributed by atoms with E-state index in [-0.39, 0.29) is 0 Å². The predicted octanol–water partition coefficient (Wildman–Crippen LogP) is 2.66. The summed E-state index contributed by atoms with van der Waals surface area (Å²) in [5.41, 5.74) is 0. The molecule has 0 aromatic rings. The highest BCUT2D eigenvalue weighted by molar-refractivity contribution is 4.73. The van der Waals surface area contributed by atoms with Gasteiger partial charge in [0, 0.05) is 25.7 Å². The average molecular weight is 256 g/mol. The van der Waals surface area contributed by atoms with Gasteiger partial charge in [0.2, 0.25) is 0 Å². The molecule has 1 saturated carbocycles. The van der Waals surface area contributed by atoms with Crippen molar-refractivity contribution < 1.29 is 4.74 Å². The highest BCUT2D eigenvalue weighted by atomic mass is 16.5. The SMILES string of the molecule is CC(C)OCCCNCCN(C)C1CCCCC1. The van der Waals surface area contributed by atoms with Crippen LogP contribution in [0.2, 0.25) is 0 Å². The summed E-state index contributed by atoms with van der Waals surface area (Å²) in [5, 5.41) is 3.51. The Morgan fingerprint density at radius 3 is 2.56 bits per heavy atom. The molecule has 0 atom stereocenters. The Morgan fingerprint density at radius 1 is 1.17 bits per heavy atom. The number of ether oxygens (including phenoxy) is 1. The zero-order valence-electron chi connectivity index (χ0n) is 12.6. The van der Waals surface area contributed by atoms with Crippen LogP contribution in [0.5, 0.6) is 0 Å². The molecule has 0 saturated heterocycles. The molecule has 3 heteroatoms. The summed E-state index contributed by atoms with van der Waals surface area (Å²) in [6, 6.07) is 0.838. The van der Waals surface area contributed by atoms with E-state index in [0.29, 0.717) is 6.10 Å². The first-order chi connectivity index (χ1) is 8.70. The van der Waals surface area contributed by atoms with Gasteiger partial charge in [-0.1, -0.05) is 19.3 Å². The monoisotopic (exact) mass is 256 g/mol. The summed E-state index contributed by atoms with van der Waals surface area (Å²) >= 11 is 0. The maximum Gasteiger partial charge on any atom is 0.0518 e. The molecule has 0 heterocycles. The number of hydrogen-bond donors (Lipinski definition) is 1. The van der Waals surface area contributed by atoms with Gasteiger partial charge in [-0.25, -0.2) is 0 Å². The van der Waals surface area contributed by atoms with Crippen LogP contribution < -0.4 is 5.32 Å². The van der Waals surface area contributed by atoms with Gasteiger partial charge in [0.25, 0.3) is 0 Å². The van der Waals surface area contributed by atoms with Crippen LogP contribution in [0, 0.1) is 0 Å². The highest BCUT2D eigenvalue weighted by Gasteiger charge is 2.16. The van der Waals surface area contributed by atoms with E-state index >= 15 is 0 Å². The van der Waals surface area contributed by atoms with Crippen molar-refractivity contribution in [2.45, 2.75) is 64.5 Å². The van der Waals surface area contributed by atoms with E-state index in [9.17, 15) is 0 Å². The fraction of sp³-hybridized carbons (Fsp3) is 1.00. The number of hydrogen-bond acceptors (Lipinski definition) is 3. The van der Waals surface area contributed by atoms with Crippen LogP contribution in [0.3, 0.4) is 0 Å². The third-order valence-electron chi connectivity index (χ3n) is 3.79. The molecule has 1 rings (SSSR count). The molecule has 1 fully saturated rings. The van der Waals surface area contributed by atoms with Crippen molar-refractivity contribution in [1.82, 2.24) is 10.2 Å². The van der Waals surface area contributed by atoms with Gasteiger partial charge in [0.1, 0.15) is 0 Å². The first kappa shape index (κ1) is 15.9. The summed E-state index contributed by atoms with van der Waals surface area (Å²) in [7, 11) is 2.28. The van der Waals surface area contributed by atoms with Crippen molar-refractivity contribution >= 4 is 0 Å². The molecule has 0 spiro atoms. The second-order valence-electron chi connectivity index (χ2n) is 5.80. The summed E-state index contributed by atoms with van der Waals surface area (Å²) in [4.78, 5) is 2.54. The zero-order chi connectivity index (χ0) is 13.2. The van der Waals surface area contributed by atoms with E-state index in [1.807, 2.05) is 0 Å². The molecule has 0 aliphatic heterocycles. The van der Waals surface area contributed by atoms with Crippen molar-refractivity contribution in [1.29, 1.82) is 0 Å². The molecule has 108 valence electrons. The molecular weight excluding hydrogens is 224 g/mol. The van der Waals surface area contributed by atoms with Gasteiger partial charge in [-0.2, -0.15) is 0 Å². The van der Waals surface area contributed by atoms with Crippen LogP contribution in [0.25, 0.3) is 0 Å². The third-order valence-corrected chi connectivity index (χ3v) is 3.79. The van der Waals surface area contributed by atoms with E-state index in [2.05, 4.69) is 31.1 Å². The van der Waals surface area contributed by atoms with E-state index in [0.717, 1.165) is 32.2 Å². The van der Waals surface area contributed by atoms with Crippen LogP contribution in [-0.2, 0) is 4.74 Å². The van der Waals surface area contributed by atoms with Crippen molar-refractivity contribution in [3.05, 3.63) is 0 Å². The molecule has 3 nitrogen and oxygen atoms in total. The maximum absolute atomic E-state index is 5.51. The van der Waals surface area contributed by atoms with E-state index in [1.165, 1.54) is 38.6 Å². The molecule has 0 unspecified atom stereocenters. The van der Waals surface area contributed by atoms with Crippen molar-refractivity contribution in [2.24, 2.45) is 0 Å². The lowest BCUT2D eigenvalue weighted by molar-refractivity contribution is 0.0769. The minimum absolute atomic E-state index is 0.363. The van der Waals surface area contributed by atoms with E-state index in [1.54, 1.807) is 0 Å². The molecule has 0 radical (unpaired) electrons. The minimum Gasteiger partial charge on any atom is -0.379 e. The van der Waals surface area contributed by atoms with Gasteiger partial charge in [0.15, 0.2) is 0 Å². The smallest absolute Gasteiger partial charge is 0.0518 e. The first-order valence-corrected chi connectivity index (χ1v) is 7.72. The Kier molecular flexibility index (Phi) is 8.64. The predicted molar refractivity (Wildman–Crippen MR) is 78.1 cm³/mol. The second-order valence-corrected chi connectivity index (χ2v) is 5.80. The molecule has 0 aromatic carbocycles. The number of rotatable bonds is 9. The van der Waals surface area contributed by atoms with Gasteiger partial charge in [0.05, 0.1) is 6.10 Å². The lowest BCUT2D eigenvalue weighted by Gasteiger charge is -2.31. The molecule has 0 aromatic heterocycles. The Hall–Kier alpha value is -0.120. The van der Waals surface area contributed by atoms with Crippen LogP contribution >= 0.6 is 0 Å². The summed E-state index contributed by atoms with van der Waals surface area (Å²) < 4.78 is 5.51. The molecular formula is C15H32N2O. The van der Waals surface area contributed by atoms with Gasteiger partial charge in [-0.3, -0.25) is 0 Å². The van der Waals surface area contributed by atoms with Gasteiger partial charge < -0.3 is 15.0 Å². The number of likely N-dealkylation sites (N-methyl/N-ethyl adjacent to an activating group) is 1. The Morgan fingerprint density at radius 2 is 1.89 bits per heavy atom. The lowest BCUT2D eigenvalue weighted by Crippen LogP contribution is -2.38. The van der Waals surface area contributed by atoms with Gasteiger partial charge in [-0.05, 0) is 46.7 Å². The minimum atomic E-state index is 0.363. The Labute approximate surface area is 113 Å². The van der Waals surface area contributed by atoms with Crippen molar-refractivity contribution in [3.8, 4) is 0 Å². The van der Waals surface area contributed by atoms with E-state index < -0.39 is 0 Å². The molecule has 1 N–H and O–H groups in total. The largest absolute Gasteiger partial charge is 0.379 e. The molecule has 18 heavy (non-hydrogen) atoms. The molecule has 1 aliphatic carbocycles. The molecule has 1 aliphatic rings. The number of nitrogens with one attached hydrogen (secondary N) is 1. The van der Waals surface area contributed by atoms with Crippen molar-refractivity contribution in [3.63, 3.8) is 0 Å². The fourth-order valence-electron chi connectivity index (χ4n) is 2.60. The van der Waals surface area contributed by atoms with E-state index in [4.69, 9.17) is 4.74 Å². The number of nitrogens with zero attached hydrogens (tertiary/aromatic N) is 1. The summed E-state index contributed by atoms with van der Waals surface area (Å²) in [6.07, 6.45) is 8.58. The first-order valence-electron chi connectivity index (χ1n) is 7.72. The van der Waals surface area contributed by atoms with Crippen molar-refractivity contribution in [2.75, 3.05) is 33.3 Å². The van der Waals surface area contributed by atoms with Gasteiger partial charge in [-0.15, -0.1) is 0 Å². The Balaban J connectivity index is 1.90. The third kappa shape index (κ3) is 7.34. The second kappa shape index (κ2) is 9.76. The Bertz CT molecular complexity index is 191. The standard InChI is InChI=1S/C15H32N2O/c1-14(2)18-13-7-10-16-11-12-17(3)15-8-5-4-6-9-15/h14-16H,4-13H2,1-3H3.